The SMILES string of the molecule is CCCOc1cc(CCCOC)cc(CN(C(=O)[C@H]2CNCC[C@]2(C)c2ccn(CCOc3c(Cl)cc(C)cc3Cl)c(=O)c2)C2CC2)c1.CCCOc1cc(CCCOC)cc(CN(C(=O)[C@H]2CNCC[C@]2(O)c2ccn(CCOCc3c(Cl)cc(C)cc3Cl)c(=O)c2)C2CC2)c1.CCCOc1cc(CCCOC)cc(CN(C(=O)[C@H]2CNCC[C@]2(O)c2ccn(CCOc3c(Cl)cc(C)cc3Cl)c(=O)c2)C2CC2)c1. The topological polar surface area (TPSA) is 287 Å². The fourth-order valence-electron chi connectivity index (χ4n) is 19.6. The number of nitrogens with one attached hydrogen (secondary N) is 3. The molecular formula is C113H145Cl6N9O17. The van der Waals surface area contributed by atoms with Crippen molar-refractivity contribution in [2.24, 2.45) is 17.8 Å². The first-order valence-electron chi connectivity index (χ1n) is 51.4. The number of pyridine rings is 3. The molecule has 5 N–H and O–H groups in total. The number of aliphatic hydroxyl groups is 2. The molecule has 0 unspecified atom stereocenters. The van der Waals surface area contributed by atoms with Gasteiger partial charge in [0, 0.05) is 163 Å². The van der Waals surface area contributed by atoms with Gasteiger partial charge < -0.3 is 97.2 Å². The average molecular weight is 2110 g/mol. The van der Waals surface area contributed by atoms with E-state index in [9.17, 15) is 39.0 Å². The van der Waals surface area contributed by atoms with Crippen molar-refractivity contribution >= 4 is 87.3 Å². The Morgan fingerprint density at radius 1 is 0.386 bits per heavy atom. The summed E-state index contributed by atoms with van der Waals surface area (Å²) in [5, 5.41) is 37.3. The predicted octanol–water partition coefficient (Wildman–Crippen LogP) is 18.9. The minimum absolute atomic E-state index is 0.107. The van der Waals surface area contributed by atoms with Crippen LogP contribution in [-0.2, 0) is 115 Å². The molecule has 3 aliphatic carbocycles. The smallest absolute Gasteiger partial charge is 0.251 e. The fourth-order valence-corrected chi connectivity index (χ4v) is 21.7. The van der Waals surface area contributed by atoms with E-state index in [1.165, 1.54) is 26.8 Å². The maximum atomic E-state index is 14.5. The van der Waals surface area contributed by atoms with Gasteiger partial charge in [-0.1, -0.05) is 115 Å². The van der Waals surface area contributed by atoms with Gasteiger partial charge in [0.15, 0.2) is 11.5 Å². The highest BCUT2D eigenvalue weighted by atomic mass is 35.5. The van der Waals surface area contributed by atoms with Crippen molar-refractivity contribution < 1.29 is 67.2 Å². The van der Waals surface area contributed by atoms with Gasteiger partial charge in [0.25, 0.3) is 16.7 Å². The van der Waals surface area contributed by atoms with Crippen molar-refractivity contribution in [3.8, 4) is 28.7 Å². The molecule has 26 nitrogen and oxygen atoms in total. The molecule has 3 saturated carbocycles. The van der Waals surface area contributed by atoms with Crippen molar-refractivity contribution in [3.05, 3.63) is 280 Å². The van der Waals surface area contributed by atoms with Gasteiger partial charge in [-0.3, -0.25) is 28.8 Å². The summed E-state index contributed by atoms with van der Waals surface area (Å²) < 4.78 is 56.0. The zero-order valence-corrected chi connectivity index (χ0v) is 90.1. The van der Waals surface area contributed by atoms with Gasteiger partial charge in [-0.15, -0.1) is 0 Å². The Morgan fingerprint density at radius 2 is 0.697 bits per heavy atom. The highest BCUT2D eigenvalue weighted by Crippen LogP contribution is 2.46. The number of halogens is 6. The molecular weight excluding hydrogens is 1970 g/mol. The van der Waals surface area contributed by atoms with Crippen LogP contribution in [0.2, 0.25) is 30.1 Å². The summed E-state index contributed by atoms with van der Waals surface area (Å²) >= 11 is 38.0. The van der Waals surface area contributed by atoms with E-state index in [0.29, 0.717) is 176 Å². The molecule has 145 heavy (non-hydrogen) atoms. The second-order valence-corrected chi connectivity index (χ2v) is 42.0. The minimum atomic E-state index is -1.50. The number of carbonyl (C=O) groups is 3. The molecule has 0 spiro atoms. The van der Waals surface area contributed by atoms with Gasteiger partial charge in [0.1, 0.15) is 41.7 Å². The molecule has 9 aromatic rings. The van der Waals surface area contributed by atoms with E-state index in [2.05, 4.69) is 91.0 Å². The van der Waals surface area contributed by atoms with Crippen LogP contribution in [0.4, 0.5) is 0 Å². The fraction of sp³-hybridized carbons (Fsp3) is 0.522. The normalized spacial score (nSPS) is 19.2. The zero-order chi connectivity index (χ0) is 103. The van der Waals surface area contributed by atoms with Crippen LogP contribution in [0.25, 0.3) is 0 Å². The van der Waals surface area contributed by atoms with E-state index in [4.69, 9.17) is 112 Å². The number of methoxy groups -OCH3 is 3. The van der Waals surface area contributed by atoms with Gasteiger partial charge in [0.05, 0.1) is 84.0 Å². The second kappa shape index (κ2) is 54.4. The molecule has 15 rings (SSSR count). The van der Waals surface area contributed by atoms with E-state index < -0.39 is 28.5 Å². The number of ether oxygens (including phenoxy) is 9. The van der Waals surface area contributed by atoms with Gasteiger partial charge in [-0.05, 0) is 314 Å². The van der Waals surface area contributed by atoms with Crippen LogP contribution in [0.15, 0.2) is 160 Å². The number of benzene rings is 6. The number of hydrogen-bond acceptors (Lipinski definition) is 20. The van der Waals surface area contributed by atoms with Crippen LogP contribution >= 0.6 is 69.6 Å². The van der Waals surface area contributed by atoms with E-state index in [1.54, 1.807) is 87.0 Å². The monoisotopic (exact) mass is 2110 g/mol. The van der Waals surface area contributed by atoms with Crippen molar-refractivity contribution in [1.82, 2.24) is 44.4 Å². The van der Waals surface area contributed by atoms with E-state index in [-0.39, 0.29) is 91.4 Å². The Bertz CT molecular complexity index is 5720. The summed E-state index contributed by atoms with van der Waals surface area (Å²) in [6.45, 7) is 24.3. The third-order valence-electron chi connectivity index (χ3n) is 28.0. The third-order valence-corrected chi connectivity index (χ3v) is 29.8. The van der Waals surface area contributed by atoms with Crippen LogP contribution in [0.1, 0.15) is 196 Å². The lowest BCUT2D eigenvalue weighted by Crippen LogP contribution is -2.55. The van der Waals surface area contributed by atoms with Crippen molar-refractivity contribution in [3.63, 3.8) is 0 Å². The summed E-state index contributed by atoms with van der Waals surface area (Å²) in [7, 11) is 5.13. The van der Waals surface area contributed by atoms with Gasteiger partial charge >= 0.3 is 0 Å². The molecule has 32 heteroatoms. The molecule has 0 bridgehead atoms. The Balaban J connectivity index is 0.000000182. The zero-order valence-electron chi connectivity index (χ0n) is 85.6. The van der Waals surface area contributed by atoms with Gasteiger partial charge in [0.2, 0.25) is 17.7 Å². The van der Waals surface area contributed by atoms with E-state index in [0.717, 1.165) is 177 Å². The molecule has 6 fully saturated rings. The van der Waals surface area contributed by atoms with Gasteiger partial charge in [-0.2, -0.15) is 0 Å². The number of amides is 3. The molecule has 3 aliphatic heterocycles. The van der Waals surface area contributed by atoms with Crippen LogP contribution in [-0.4, -0.2) is 195 Å². The largest absolute Gasteiger partial charge is 0.494 e. The first kappa shape index (κ1) is 113. The summed E-state index contributed by atoms with van der Waals surface area (Å²) in [6, 6.07) is 40.2. The molecule has 6 aliphatic rings. The molecule has 6 aromatic carbocycles. The average Bonchev–Trinajstić information content (AvgIpc) is 1.69. The lowest BCUT2D eigenvalue weighted by atomic mass is 9.67. The molecule has 3 aromatic heterocycles. The van der Waals surface area contributed by atoms with Crippen LogP contribution < -0.4 is 56.3 Å². The Morgan fingerprint density at radius 3 is 1.03 bits per heavy atom. The number of nitrogens with zero attached hydrogens (tertiary/aromatic N) is 6. The van der Waals surface area contributed by atoms with Crippen molar-refractivity contribution in [1.29, 1.82) is 0 Å². The number of aromatic nitrogens is 3. The lowest BCUT2D eigenvalue weighted by molar-refractivity contribution is -0.151. The first-order valence-corrected chi connectivity index (χ1v) is 53.7. The van der Waals surface area contributed by atoms with Crippen LogP contribution in [0.5, 0.6) is 28.7 Å². The molecule has 6 atom stereocenters. The van der Waals surface area contributed by atoms with Gasteiger partial charge in [-0.25, -0.2) is 0 Å². The number of piperidine rings is 3. The summed E-state index contributed by atoms with van der Waals surface area (Å²) in [5.74, 6) is 1.36. The Kier molecular flexibility index (Phi) is 42.5. The second-order valence-electron chi connectivity index (χ2n) is 39.6. The van der Waals surface area contributed by atoms with E-state index >= 15 is 0 Å². The predicted molar refractivity (Wildman–Crippen MR) is 572 cm³/mol. The first-order chi connectivity index (χ1) is 69.9. The quantitative estimate of drug-likeness (QED) is 0.0221. The van der Waals surface area contributed by atoms with Crippen molar-refractivity contribution in [2.75, 3.05) is 120 Å². The molecule has 3 amide bonds. The highest BCUT2D eigenvalue weighted by molar-refractivity contribution is 6.38. The number of carbonyl (C=O) groups excluding carboxylic acids is 3. The Labute approximate surface area is 883 Å². The number of aryl methyl sites for hydroxylation is 6. The third kappa shape index (κ3) is 31.1. The molecule has 6 heterocycles. The standard InChI is InChI=1S/C38H49Cl2N3O6.C38H49Cl2N3O5.C37H47Cl2N3O6/c1-4-14-49-31-20-27(6-5-15-47-3)19-28(21-31)24-43(30-7-8-30)37(45)33-23-41-11-10-38(33,46)29-9-12-42(36(44)22-29)13-16-48-25-32-34(39)17-26(2)18-35(32)40;1-5-15-47-31-21-27(7-6-16-46-4)20-28(22-31)25-43(30-8-9-30)37(45)32-24-41-12-11-38(32,3)29-10-13-42(35(44)23-29)14-17-48-36-33(39)18-26(2)19-34(36)40;1-4-14-47-30-20-26(6-5-15-46-3)19-27(21-30)24-42(29-7-8-29)36(44)31-23-40-11-10-37(31,45)28-9-12-41(34(43)22-28)13-16-48-35-32(38)17-25(2)18-33(35)39/h9,12,17-22,30,33,41,46H,4-8,10-11,13-16,23-25H2,1-3H3;10,13,18-23,30,32,41H,5-9,11-12,14-17,24-25H2,1-4H3;9,12,17-22,29,31,40,45H,4-8,10-11,13-16,23-24H2,1-3H3/t33-,38+;32-,38-;31-,37+/m111/s1. The number of rotatable bonds is 49. The molecule has 786 valence electrons. The van der Waals surface area contributed by atoms with Crippen molar-refractivity contribution in [2.45, 2.75) is 245 Å². The summed E-state index contributed by atoms with van der Waals surface area (Å²) in [6.07, 6.45) is 20.2. The van der Waals surface area contributed by atoms with E-state index in [1.807, 2.05) is 60.9 Å². The van der Waals surface area contributed by atoms with Crippen LogP contribution in [0, 0.1) is 38.5 Å². The summed E-state index contributed by atoms with van der Waals surface area (Å²) in [5.41, 5.74) is 7.74. The maximum absolute atomic E-state index is 14.5. The highest BCUT2D eigenvalue weighted by Gasteiger charge is 2.52. The number of hydrogen-bond donors (Lipinski definition) is 5. The van der Waals surface area contributed by atoms with Crippen LogP contribution in [0.3, 0.4) is 0 Å². The Hall–Kier alpha value is -9.04. The molecule has 3 saturated heterocycles. The summed E-state index contributed by atoms with van der Waals surface area (Å²) in [4.78, 5) is 89.1. The molecule has 0 radical (unpaired) electrons. The minimum Gasteiger partial charge on any atom is -0.494 e. The maximum Gasteiger partial charge on any atom is 0.251 e. The lowest BCUT2D eigenvalue weighted by Gasteiger charge is -2.43.